The van der Waals surface area contributed by atoms with Gasteiger partial charge < -0.3 is 15.6 Å². The van der Waals surface area contributed by atoms with Gasteiger partial charge in [0.05, 0.1) is 17.1 Å². The van der Waals surface area contributed by atoms with Crippen LogP contribution in [-0.4, -0.2) is 24.7 Å². The lowest BCUT2D eigenvalue weighted by Gasteiger charge is -2.16. The molecular formula is C20H21N7. The van der Waals surface area contributed by atoms with Crippen molar-refractivity contribution in [3.63, 3.8) is 0 Å². The van der Waals surface area contributed by atoms with Crippen LogP contribution in [0.1, 0.15) is 29.3 Å². The van der Waals surface area contributed by atoms with Gasteiger partial charge >= 0.3 is 0 Å². The molecule has 7 heteroatoms. The summed E-state index contributed by atoms with van der Waals surface area (Å²) in [5.74, 6) is 2.24. The summed E-state index contributed by atoms with van der Waals surface area (Å²) in [6.07, 6.45) is 4.05. The maximum Gasteiger partial charge on any atom is 0.232 e. The molecule has 0 spiro atoms. The number of aryl methyl sites for hydroxylation is 3. The third-order valence-electron chi connectivity index (χ3n) is 5.10. The number of benzene rings is 1. The number of anilines is 3. The van der Waals surface area contributed by atoms with Gasteiger partial charge in [0, 0.05) is 19.3 Å². The first-order chi connectivity index (χ1) is 13.2. The molecule has 0 aliphatic heterocycles. The largest absolute Gasteiger partial charge is 0.363 e. The molecule has 0 saturated carbocycles. The van der Waals surface area contributed by atoms with E-state index < -0.39 is 0 Å². The first-order valence-electron chi connectivity index (χ1n) is 9.14. The highest BCUT2D eigenvalue weighted by atomic mass is 15.3. The Hall–Kier alpha value is -3.35. The number of rotatable bonds is 4. The summed E-state index contributed by atoms with van der Waals surface area (Å²) in [6, 6.07) is 12.9. The summed E-state index contributed by atoms with van der Waals surface area (Å²) in [5, 5.41) is 12.3. The molecule has 0 radical (unpaired) electrons. The van der Waals surface area contributed by atoms with Gasteiger partial charge in [-0.2, -0.15) is 15.1 Å². The van der Waals surface area contributed by atoms with Gasteiger partial charge in [-0.05, 0) is 37.0 Å². The maximum absolute atomic E-state index is 4.76. The van der Waals surface area contributed by atoms with Gasteiger partial charge in [0.1, 0.15) is 17.3 Å². The number of nitrogens with one attached hydrogen (secondary N) is 3. The number of hydrogen-bond acceptors (Lipinski definition) is 5. The Kier molecular flexibility index (Phi) is 3.60. The summed E-state index contributed by atoms with van der Waals surface area (Å²) in [4.78, 5) is 12.6. The lowest BCUT2D eigenvalue weighted by molar-refractivity contribution is 0.757. The van der Waals surface area contributed by atoms with Crippen LogP contribution < -0.4 is 10.6 Å². The van der Waals surface area contributed by atoms with Crippen molar-refractivity contribution < 1.29 is 0 Å². The van der Waals surface area contributed by atoms with Crippen LogP contribution in [-0.2, 0) is 13.5 Å². The first-order valence-corrected chi connectivity index (χ1v) is 9.14. The fourth-order valence-electron chi connectivity index (χ4n) is 3.82. The number of nitrogens with zero attached hydrogens (tertiary/aromatic N) is 4. The molecule has 1 atom stereocenters. The molecule has 1 aliphatic rings. The highest BCUT2D eigenvalue weighted by Gasteiger charge is 2.23. The Bertz CT molecular complexity index is 1120. The molecule has 0 bridgehead atoms. The molecule has 7 nitrogen and oxygen atoms in total. The van der Waals surface area contributed by atoms with Crippen LogP contribution in [0.3, 0.4) is 0 Å². The quantitative estimate of drug-likeness (QED) is 0.516. The van der Waals surface area contributed by atoms with E-state index >= 15 is 0 Å². The Morgan fingerprint density at radius 3 is 2.93 bits per heavy atom. The van der Waals surface area contributed by atoms with Crippen molar-refractivity contribution in [1.82, 2.24) is 24.7 Å². The lowest BCUT2D eigenvalue weighted by atomic mass is 10.1. The molecule has 5 rings (SSSR count). The highest BCUT2D eigenvalue weighted by molar-refractivity contribution is 5.88. The van der Waals surface area contributed by atoms with E-state index in [1.165, 1.54) is 11.1 Å². The van der Waals surface area contributed by atoms with Gasteiger partial charge in [-0.3, -0.25) is 4.68 Å². The van der Waals surface area contributed by atoms with Crippen LogP contribution in [0, 0.1) is 6.92 Å². The van der Waals surface area contributed by atoms with Crippen LogP contribution in [0.5, 0.6) is 0 Å². The third kappa shape index (κ3) is 2.81. The molecule has 3 heterocycles. The number of hydrogen-bond donors (Lipinski definition) is 3. The van der Waals surface area contributed by atoms with E-state index in [1.807, 2.05) is 32.3 Å². The Labute approximate surface area is 156 Å². The van der Waals surface area contributed by atoms with E-state index in [-0.39, 0.29) is 6.04 Å². The number of fused-ring (bicyclic) bond motifs is 2. The highest BCUT2D eigenvalue weighted by Crippen LogP contribution is 2.35. The van der Waals surface area contributed by atoms with E-state index in [1.54, 1.807) is 4.68 Å². The Balaban J connectivity index is 1.50. The van der Waals surface area contributed by atoms with E-state index in [4.69, 9.17) is 4.98 Å². The lowest BCUT2D eigenvalue weighted by Crippen LogP contribution is -2.11. The second-order valence-electron chi connectivity index (χ2n) is 6.99. The maximum atomic E-state index is 4.76. The molecule has 0 saturated heterocycles. The standard InChI is InChI=1S/C20H21N7/c1-12-11-17(27(2)26-12)23-20-24-18-15(9-10-21-18)19(25-20)22-16-8-7-13-5-3-4-6-14(13)16/h3-6,9-11,16H,7-8H2,1-2H3,(H3,21,22,23,24,25)/t16-/m1/s1. The van der Waals surface area contributed by atoms with Crippen molar-refractivity contribution in [2.45, 2.75) is 25.8 Å². The van der Waals surface area contributed by atoms with Crippen molar-refractivity contribution >= 4 is 28.6 Å². The van der Waals surface area contributed by atoms with Crippen molar-refractivity contribution in [3.8, 4) is 0 Å². The van der Waals surface area contributed by atoms with Gasteiger partial charge in [0.15, 0.2) is 0 Å². The van der Waals surface area contributed by atoms with Crippen LogP contribution in [0.15, 0.2) is 42.6 Å². The molecule has 136 valence electrons. The second-order valence-corrected chi connectivity index (χ2v) is 6.99. The van der Waals surface area contributed by atoms with Gasteiger partial charge in [-0.25, -0.2) is 0 Å². The van der Waals surface area contributed by atoms with E-state index in [0.29, 0.717) is 5.95 Å². The predicted molar refractivity (Wildman–Crippen MR) is 106 cm³/mol. The minimum atomic E-state index is 0.265. The van der Waals surface area contributed by atoms with Crippen LogP contribution in [0.4, 0.5) is 17.6 Å². The average molecular weight is 359 g/mol. The SMILES string of the molecule is Cc1cc(Nc2nc(N[C@@H]3CCc4ccccc43)c3cc[nH]c3n2)n(C)n1. The molecule has 0 unspecified atom stereocenters. The average Bonchev–Trinajstić information content (AvgIpc) is 3.35. The zero-order valence-corrected chi connectivity index (χ0v) is 15.3. The number of aromatic amines is 1. The predicted octanol–water partition coefficient (Wildman–Crippen LogP) is 3.84. The van der Waals surface area contributed by atoms with Crippen LogP contribution in [0.2, 0.25) is 0 Å². The first kappa shape index (κ1) is 15.9. The molecule has 0 amide bonds. The molecule has 1 aliphatic carbocycles. The van der Waals surface area contributed by atoms with Gasteiger partial charge in [0.25, 0.3) is 0 Å². The molecule has 3 aromatic heterocycles. The van der Waals surface area contributed by atoms with Crippen LogP contribution >= 0.6 is 0 Å². The summed E-state index contributed by atoms with van der Waals surface area (Å²) in [6.45, 7) is 1.96. The molecule has 27 heavy (non-hydrogen) atoms. The zero-order chi connectivity index (χ0) is 18.4. The summed E-state index contributed by atoms with van der Waals surface area (Å²) < 4.78 is 1.79. The minimum absolute atomic E-state index is 0.265. The molecule has 0 fully saturated rings. The summed E-state index contributed by atoms with van der Waals surface area (Å²) >= 11 is 0. The minimum Gasteiger partial charge on any atom is -0.363 e. The van der Waals surface area contributed by atoms with Crippen LogP contribution in [0.25, 0.3) is 11.0 Å². The molecule has 4 aromatic rings. The smallest absolute Gasteiger partial charge is 0.232 e. The molecular weight excluding hydrogens is 338 g/mol. The van der Waals surface area contributed by atoms with Gasteiger partial charge in [-0.15, -0.1) is 0 Å². The zero-order valence-electron chi connectivity index (χ0n) is 15.3. The Morgan fingerprint density at radius 1 is 1.19 bits per heavy atom. The fourth-order valence-corrected chi connectivity index (χ4v) is 3.82. The van der Waals surface area contributed by atoms with Crippen molar-refractivity contribution in [2.75, 3.05) is 10.6 Å². The van der Waals surface area contributed by atoms with Crippen molar-refractivity contribution in [3.05, 3.63) is 59.4 Å². The van der Waals surface area contributed by atoms with E-state index in [9.17, 15) is 0 Å². The van der Waals surface area contributed by atoms with Gasteiger partial charge in [0.2, 0.25) is 5.95 Å². The van der Waals surface area contributed by atoms with E-state index in [2.05, 4.69) is 50.0 Å². The fraction of sp³-hybridized carbons (Fsp3) is 0.250. The monoisotopic (exact) mass is 359 g/mol. The third-order valence-corrected chi connectivity index (χ3v) is 5.10. The van der Waals surface area contributed by atoms with Gasteiger partial charge in [-0.1, -0.05) is 24.3 Å². The van der Waals surface area contributed by atoms with E-state index in [0.717, 1.165) is 41.2 Å². The Morgan fingerprint density at radius 2 is 2.07 bits per heavy atom. The summed E-state index contributed by atoms with van der Waals surface area (Å²) in [7, 11) is 1.90. The molecule has 3 N–H and O–H groups in total. The van der Waals surface area contributed by atoms with Crippen molar-refractivity contribution in [1.29, 1.82) is 0 Å². The number of aromatic nitrogens is 5. The summed E-state index contributed by atoms with van der Waals surface area (Å²) in [5.41, 5.74) is 4.52. The number of H-pyrrole nitrogens is 1. The normalized spacial score (nSPS) is 15.9. The second kappa shape index (κ2) is 6.12. The van der Waals surface area contributed by atoms with Crippen molar-refractivity contribution in [2.24, 2.45) is 7.05 Å². The topological polar surface area (TPSA) is 83.5 Å². The molecule has 1 aromatic carbocycles.